The molecule has 156 valence electrons. The summed E-state index contributed by atoms with van der Waals surface area (Å²) in [6.07, 6.45) is 0. The minimum atomic E-state index is -0.434. The summed E-state index contributed by atoms with van der Waals surface area (Å²) in [5.74, 6) is -0.100. The summed E-state index contributed by atoms with van der Waals surface area (Å²) in [4.78, 5) is 31.3. The third kappa shape index (κ3) is 4.45. The monoisotopic (exact) mass is 449 g/mol. The number of aromatic nitrogens is 1. The number of thioether (sulfide) groups is 1. The summed E-state index contributed by atoms with van der Waals surface area (Å²) < 4.78 is 1.01. The molecule has 0 aliphatic rings. The molecule has 0 aliphatic carbocycles. The quantitative estimate of drug-likeness (QED) is 0.194. The number of para-hydroxylation sites is 2. The first-order chi connectivity index (χ1) is 14.9. The zero-order chi connectivity index (χ0) is 22.0. The van der Waals surface area contributed by atoms with Crippen molar-refractivity contribution in [1.29, 1.82) is 0 Å². The van der Waals surface area contributed by atoms with E-state index in [1.54, 1.807) is 17.0 Å². The van der Waals surface area contributed by atoms with E-state index in [0.717, 1.165) is 26.4 Å². The summed E-state index contributed by atoms with van der Waals surface area (Å²) in [6, 6.07) is 21.8. The van der Waals surface area contributed by atoms with Gasteiger partial charge >= 0.3 is 0 Å². The molecule has 1 heterocycles. The molecule has 0 saturated heterocycles. The summed E-state index contributed by atoms with van der Waals surface area (Å²) in [5, 5.41) is 11.1. The lowest BCUT2D eigenvalue weighted by molar-refractivity contribution is -0.384. The average Bonchev–Trinajstić information content (AvgIpc) is 3.19. The summed E-state index contributed by atoms with van der Waals surface area (Å²) in [7, 11) is 0. The highest BCUT2D eigenvalue weighted by Crippen LogP contribution is 2.37. The molecule has 1 atom stereocenters. The first-order valence-electron chi connectivity index (χ1n) is 9.60. The Balaban J connectivity index is 1.68. The van der Waals surface area contributed by atoms with Crippen molar-refractivity contribution in [2.45, 2.75) is 24.0 Å². The lowest BCUT2D eigenvalue weighted by Gasteiger charge is -2.24. The van der Waals surface area contributed by atoms with Crippen molar-refractivity contribution in [3.63, 3.8) is 0 Å². The van der Waals surface area contributed by atoms with Gasteiger partial charge in [-0.05, 0) is 49.7 Å². The standard InChI is InChI=1S/C23H19N3O3S2/c1-15-7-3-5-9-20(15)25(23-24-19-8-4-6-10-21(19)31-23)22(27)16(2)30-18-13-11-17(12-14-18)26(28)29/h3-14,16H,1-2H3/t16-/m1/s1. The maximum atomic E-state index is 13.6. The number of carbonyl (C=O) groups excluding carboxylic acids is 1. The first kappa shape index (κ1) is 21.0. The lowest BCUT2D eigenvalue weighted by Crippen LogP contribution is -2.33. The molecule has 0 N–H and O–H groups in total. The van der Waals surface area contributed by atoms with Crippen molar-refractivity contribution in [3.8, 4) is 0 Å². The third-order valence-electron chi connectivity index (χ3n) is 4.76. The summed E-state index contributed by atoms with van der Waals surface area (Å²) in [6.45, 7) is 3.81. The number of anilines is 2. The molecule has 0 fully saturated rings. The van der Waals surface area contributed by atoms with Crippen LogP contribution >= 0.6 is 23.1 Å². The maximum Gasteiger partial charge on any atom is 0.269 e. The smallest absolute Gasteiger partial charge is 0.269 e. The third-order valence-corrected chi connectivity index (χ3v) is 6.88. The van der Waals surface area contributed by atoms with Crippen molar-refractivity contribution in [2.24, 2.45) is 0 Å². The van der Waals surface area contributed by atoms with Crippen LogP contribution < -0.4 is 4.90 Å². The van der Waals surface area contributed by atoms with E-state index in [-0.39, 0.29) is 11.6 Å². The van der Waals surface area contributed by atoms with E-state index in [2.05, 4.69) is 0 Å². The molecule has 3 aromatic carbocycles. The molecular formula is C23H19N3O3S2. The van der Waals surface area contributed by atoms with Gasteiger partial charge in [-0.25, -0.2) is 4.98 Å². The molecule has 4 rings (SSSR count). The van der Waals surface area contributed by atoms with Gasteiger partial charge in [-0.15, -0.1) is 11.8 Å². The molecule has 0 spiro atoms. The van der Waals surface area contributed by atoms with E-state index in [1.807, 2.05) is 62.4 Å². The minimum absolute atomic E-state index is 0.0272. The molecule has 6 nitrogen and oxygen atoms in total. The Hall–Kier alpha value is -3.23. The van der Waals surface area contributed by atoms with Gasteiger partial charge in [0.05, 0.1) is 26.1 Å². The number of rotatable bonds is 6. The number of hydrogen-bond acceptors (Lipinski definition) is 6. The van der Waals surface area contributed by atoms with Crippen LogP contribution in [0.3, 0.4) is 0 Å². The van der Waals surface area contributed by atoms with E-state index >= 15 is 0 Å². The normalized spacial score (nSPS) is 11.9. The van der Waals surface area contributed by atoms with Crippen LogP contribution in [0, 0.1) is 17.0 Å². The number of amides is 1. The van der Waals surface area contributed by atoms with Gasteiger partial charge < -0.3 is 0 Å². The fourth-order valence-electron chi connectivity index (χ4n) is 3.17. The second-order valence-corrected chi connectivity index (χ2v) is 9.36. The second-order valence-electron chi connectivity index (χ2n) is 6.94. The molecule has 0 saturated carbocycles. The predicted molar refractivity (Wildman–Crippen MR) is 126 cm³/mol. The highest BCUT2D eigenvalue weighted by atomic mass is 32.2. The van der Waals surface area contributed by atoms with Gasteiger partial charge in [0.15, 0.2) is 5.13 Å². The fraction of sp³-hybridized carbons (Fsp3) is 0.130. The number of hydrogen-bond donors (Lipinski definition) is 0. The van der Waals surface area contributed by atoms with E-state index in [4.69, 9.17) is 4.98 Å². The predicted octanol–water partition coefficient (Wildman–Crippen LogP) is 6.36. The zero-order valence-corrected chi connectivity index (χ0v) is 18.5. The van der Waals surface area contributed by atoms with Crippen molar-refractivity contribution in [3.05, 3.63) is 88.5 Å². The molecule has 0 aliphatic heterocycles. The van der Waals surface area contributed by atoms with Gasteiger partial charge in [-0.1, -0.05) is 41.7 Å². The molecule has 31 heavy (non-hydrogen) atoms. The van der Waals surface area contributed by atoms with Gasteiger partial charge in [0.1, 0.15) is 0 Å². The highest BCUT2D eigenvalue weighted by molar-refractivity contribution is 8.00. The molecule has 1 aromatic heterocycles. The molecular weight excluding hydrogens is 430 g/mol. The number of aryl methyl sites for hydroxylation is 1. The number of benzene rings is 3. The lowest BCUT2D eigenvalue weighted by atomic mass is 10.2. The van der Waals surface area contributed by atoms with Crippen LogP contribution in [-0.4, -0.2) is 21.1 Å². The van der Waals surface area contributed by atoms with Gasteiger partial charge in [0.2, 0.25) is 5.91 Å². The van der Waals surface area contributed by atoms with Crippen LogP contribution in [0.5, 0.6) is 0 Å². The Bertz CT molecular complexity index is 1220. The summed E-state index contributed by atoms with van der Waals surface area (Å²) in [5.41, 5.74) is 2.65. The Morgan fingerprint density at radius 2 is 1.74 bits per heavy atom. The van der Waals surface area contributed by atoms with Crippen molar-refractivity contribution < 1.29 is 9.72 Å². The van der Waals surface area contributed by atoms with Crippen LogP contribution in [0.4, 0.5) is 16.5 Å². The van der Waals surface area contributed by atoms with Gasteiger partial charge in [-0.3, -0.25) is 19.8 Å². The Morgan fingerprint density at radius 3 is 2.42 bits per heavy atom. The Kier molecular flexibility index (Phi) is 6.01. The molecule has 0 unspecified atom stereocenters. The fourth-order valence-corrected chi connectivity index (χ4v) is 5.06. The first-order valence-corrected chi connectivity index (χ1v) is 11.3. The number of non-ortho nitro benzene ring substituents is 1. The van der Waals surface area contributed by atoms with Gasteiger partial charge in [0.25, 0.3) is 5.69 Å². The largest absolute Gasteiger partial charge is 0.273 e. The Morgan fingerprint density at radius 1 is 1.06 bits per heavy atom. The average molecular weight is 450 g/mol. The molecule has 0 radical (unpaired) electrons. The van der Waals surface area contributed by atoms with Crippen LogP contribution in [0.2, 0.25) is 0 Å². The highest BCUT2D eigenvalue weighted by Gasteiger charge is 2.28. The number of carbonyl (C=O) groups is 1. The van der Waals surface area contributed by atoms with Gasteiger partial charge in [-0.2, -0.15) is 0 Å². The zero-order valence-electron chi connectivity index (χ0n) is 16.9. The SMILES string of the molecule is Cc1ccccc1N(C(=O)[C@@H](C)Sc1ccc([N+](=O)[O-])cc1)c1nc2ccccc2s1. The van der Waals surface area contributed by atoms with Gasteiger partial charge in [0, 0.05) is 17.0 Å². The number of nitro groups is 1. The number of nitrogens with zero attached hydrogens (tertiary/aromatic N) is 3. The van der Waals surface area contributed by atoms with Crippen molar-refractivity contribution in [2.75, 3.05) is 4.90 Å². The van der Waals surface area contributed by atoms with Crippen LogP contribution in [-0.2, 0) is 4.79 Å². The second kappa shape index (κ2) is 8.87. The minimum Gasteiger partial charge on any atom is -0.273 e. The van der Waals surface area contributed by atoms with E-state index in [0.29, 0.717) is 5.13 Å². The van der Waals surface area contributed by atoms with E-state index in [1.165, 1.54) is 35.2 Å². The number of fused-ring (bicyclic) bond motifs is 1. The molecule has 4 aromatic rings. The topological polar surface area (TPSA) is 76.3 Å². The van der Waals surface area contributed by atoms with Crippen LogP contribution in [0.1, 0.15) is 12.5 Å². The molecule has 8 heteroatoms. The number of thiazole rings is 1. The van der Waals surface area contributed by atoms with Crippen molar-refractivity contribution in [1.82, 2.24) is 4.98 Å². The summed E-state index contributed by atoms with van der Waals surface area (Å²) >= 11 is 2.84. The molecule has 1 amide bonds. The van der Waals surface area contributed by atoms with Crippen LogP contribution in [0.15, 0.2) is 77.7 Å². The van der Waals surface area contributed by atoms with E-state index < -0.39 is 10.2 Å². The molecule has 0 bridgehead atoms. The Labute approximate surface area is 187 Å². The number of nitro benzene ring substituents is 1. The van der Waals surface area contributed by atoms with Crippen LogP contribution in [0.25, 0.3) is 10.2 Å². The van der Waals surface area contributed by atoms with Crippen molar-refractivity contribution >= 4 is 55.7 Å². The maximum absolute atomic E-state index is 13.6. The van der Waals surface area contributed by atoms with E-state index in [9.17, 15) is 14.9 Å².